The number of rotatable bonds is 7. The van der Waals surface area contributed by atoms with Crippen molar-refractivity contribution in [2.75, 3.05) is 26.6 Å². The maximum absolute atomic E-state index is 13.1. The Kier molecular flexibility index (Phi) is 7.10. The largest absolute Gasteiger partial charge is 0.493 e. The molecule has 0 unspecified atom stereocenters. The molecule has 0 aliphatic heterocycles. The van der Waals surface area contributed by atoms with Gasteiger partial charge in [0.2, 0.25) is 5.75 Å². The topological polar surface area (TPSA) is 83.1 Å². The van der Waals surface area contributed by atoms with Crippen LogP contribution in [0, 0.1) is 5.92 Å². The van der Waals surface area contributed by atoms with Crippen molar-refractivity contribution in [3.8, 4) is 17.2 Å². The van der Waals surface area contributed by atoms with Gasteiger partial charge in [0, 0.05) is 10.4 Å². The number of anilines is 1. The van der Waals surface area contributed by atoms with Gasteiger partial charge in [-0.1, -0.05) is 6.92 Å². The minimum absolute atomic E-state index is 0.246. The number of hydrogen-bond acceptors (Lipinski definition) is 7. The highest BCUT2D eigenvalue weighted by Gasteiger charge is 2.30. The average molecular weight is 448 g/mol. The molecule has 1 aromatic carbocycles. The Bertz CT molecular complexity index is 956. The second-order valence-electron chi connectivity index (χ2n) is 7.88. The number of amides is 1. The van der Waals surface area contributed by atoms with E-state index in [4.69, 9.17) is 18.9 Å². The summed E-state index contributed by atoms with van der Waals surface area (Å²) in [5, 5.41) is 3.44. The Hall–Kier alpha value is -2.74. The van der Waals surface area contributed by atoms with Gasteiger partial charge < -0.3 is 24.3 Å². The van der Waals surface area contributed by atoms with E-state index in [1.807, 2.05) is 13.8 Å². The standard InChI is InChI=1S/C23H29NO6S/c1-12(2)30-23(26)19-15-8-7-13(3)9-18(15)31-22(19)24-21(25)14-10-16(27-4)20(29-6)17(11-14)28-5/h10-13H,7-9H2,1-6H3,(H,24,25)/t13-/m0/s1. The Morgan fingerprint density at radius 1 is 1.10 bits per heavy atom. The molecule has 1 aliphatic rings. The molecule has 1 N–H and O–H groups in total. The minimum Gasteiger partial charge on any atom is -0.493 e. The van der Waals surface area contributed by atoms with Crippen LogP contribution in [0.25, 0.3) is 0 Å². The Morgan fingerprint density at radius 3 is 2.29 bits per heavy atom. The fourth-order valence-electron chi connectivity index (χ4n) is 3.72. The van der Waals surface area contributed by atoms with Crippen molar-refractivity contribution in [3.05, 3.63) is 33.7 Å². The van der Waals surface area contributed by atoms with Crippen LogP contribution in [0.1, 0.15) is 58.3 Å². The first-order valence-corrected chi connectivity index (χ1v) is 11.1. The lowest BCUT2D eigenvalue weighted by Crippen LogP contribution is -2.18. The van der Waals surface area contributed by atoms with Crippen LogP contribution >= 0.6 is 11.3 Å². The van der Waals surface area contributed by atoms with Crippen LogP contribution < -0.4 is 19.5 Å². The van der Waals surface area contributed by atoms with Crippen LogP contribution in [-0.4, -0.2) is 39.3 Å². The Balaban J connectivity index is 1.98. The van der Waals surface area contributed by atoms with Gasteiger partial charge in [0.1, 0.15) is 5.00 Å². The first kappa shape index (κ1) is 22.9. The summed E-state index contributed by atoms with van der Waals surface area (Å²) in [6.07, 6.45) is 2.45. The highest BCUT2D eigenvalue weighted by atomic mass is 32.1. The van der Waals surface area contributed by atoms with Gasteiger partial charge in [-0.15, -0.1) is 11.3 Å². The van der Waals surface area contributed by atoms with E-state index in [1.54, 1.807) is 12.1 Å². The van der Waals surface area contributed by atoms with Crippen LogP contribution in [0.2, 0.25) is 0 Å². The van der Waals surface area contributed by atoms with Crippen molar-refractivity contribution in [2.24, 2.45) is 5.92 Å². The number of benzene rings is 1. The summed E-state index contributed by atoms with van der Waals surface area (Å²) in [5.74, 6) is 0.935. The first-order valence-electron chi connectivity index (χ1n) is 10.3. The molecule has 0 spiro atoms. The van der Waals surface area contributed by atoms with E-state index in [9.17, 15) is 9.59 Å². The fraction of sp³-hybridized carbons (Fsp3) is 0.478. The van der Waals surface area contributed by atoms with Crippen LogP contribution in [0.4, 0.5) is 5.00 Å². The molecule has 31 heavy (non-hydrogen) atoms. The molecule has 168 valence electrons. The zero-order chi connectivity index (χ0) is 22.7. The lowest BCUT2D eigenvalue weighted by molar-refractivity contribution is 0.0378. The zero-order valence-corrected chi connectivity index (χ0v) is 19.6. The van der Waals surface area contributed by atoms with Crippen molar-refractivity contribution < 1.29 is 28.5 Å². The number of hydrogen-bond donors (Lipinski definition) is 1. The maximum Gasteiger partial charge on any atom is 0.341 e. The summed E-state index contributed by atoms with van der Waals surface area (Å²) in [6, 6.07) is 3.16. The molecule has 1 aromatic heterocycles. The van der Waals surface area contributed by atoms with Crippen LogP contribution in [0.3, 0.4) is 0 Å². The normalized spacial score (nSPS) is 15.3. The minimum atomic E-state index is -0.401. The average Bonchev–Trinajstić information content (AvgIpc) is 3.08. The molecule has 0 radical (unpaired) electrons. The Morgan fingerprint density at radius 2 is 1.74 bits per heavy atom. The van der Waals surface area contributed by atoms with Crippen LogP contribution in [0.15, 0.2) is 12.1 Å². The molecule has 1 aliphatic carbocycles. The molecule has 3 rings (SSSR count). The summed E-state index contributed by atoms with van der Waals surface area (Å²) in [5.41, 5.74) is 1.80. The third kappa shape index (κ3) is 4.79. The lowest BCUT2D eigenvalue weighted by atomic mass is 9.88. The zero-order valence-electron chi connectivity index (χ0n) is 18.8. The fourth-order valence-corrected chi connectivity index (χ4v) is 5.11. The highest BCUT2D eigenvalue weighted by Crippen LogP contribution is 2.41. The molecule has 0 saturated heterocycles. The van der Waals surface area contributed by atoms with Crippen molar-refractivity contribution in [2.45, 2.75) is 46.1 Å². The van der Waals surface area contributed by atoms with E-state index >= 15 is 0 Å². The summed E-state index contributed by atoms with van der Waals surface area (Å²) in [6.45, 7) is 5.82. The van der Waals surface area contributed by atoms with E-state index in [-0.39, 0.29) is 12.0 Å². The molecule has 0 fully saturated rings. The number of carbonyl (C=O) groups is 2. The third-order valence-electron chi connectivity index (χ3n) is 5.21. The van der Waals surface area contributed by atoms with Gasteiger partial charge in [-0.05, 0) is 56.7 Å². The monoisotopic (exact) mass is 447 g/mol. The van der Waals surface area contributed by atoms with E-state index in [1.165, 1.54) is 32.7 Å². The van der Waals surface area contributed by atoms with E-state index in [0.717, 1.165) is 29.7 Å². The van der Waals surface area contributed by atoms with Gasteiger partial charge in [-0.2, -0.15) is 0 Å². The molecule has 1 heterocycles. The first-order chi connectivity index (χ1) is 14.8. The predicted octanol–water partition coefficient (Wildman–Crippen LogP) is 4.72. The maximum atomic E-state index is 13.1. The van der Waals surface area contributed by atoms with E-state index in [2.05, 4.69) is 12.2 Å². The molecule has 0 bridgehead atoms. The molecule has 2 aromatic rings. The van der Waals surface area contributed by atoms with Gasteiger partial charge in [-0.3, -0.25) is 4.79 Å². The smallest absolute Gasteiger partial charge is 0.341 e. The quantitative estimate of drug-likeness (QED) is 0.619. The van der Waals surface area contributed by atoms with Crippen molar-refractivity contribution in [1.29, 1.82) is 0 Å². The highest BCUT2D eigenvalue weighted by molar-refractivity contribution is 7.17. The number of ether oxygens (including phenoxy) is 4. The van der Waals surface area contributed by atoms with Gasteiger partial charge in [-0.25, -0.2) is 4.79 Å². The third-order valence-corrected chi connectivity index (χ3v) is 6.38. The molecule has 1 amide bonds. The summed E-state index contributed by atoms with van der Waals surface area (Å²) in [7, 11) is 4.49. The predicted molar refractivity (Wildman–Crippen MR) is 120 cm³/mol. The Labute approximate surface area is 186 Å². The van der Waals surface area contributed by atoms with Gasteiger partial charge >= 0.3 is 5.97 Å². The van der Waals surface area contributed by atoms with Crippen molar-refractivity contribution >= 4 is 28.2 Å². The summed E-state index contributed by atoms with van der Waals surface area (Å²) < 4.78 is 21.5. The van der Waals surface area contributed by atoms with Gasteiger partial charge in [0.25, 0.3) is 5.91 Å². The lowest BCUT2D eigenvalue weighted by Gasteiger charge is -2.19. The summed E-state index contributed by atoms with van der Waals surface area (Å²) >= 11 is 1.45. The number of fused-ring (bicyclic) bond motifs is 1. The SMILES string of the molecule is COc1cc(C(=O)Nc2sc3c(c2C(=O)OC(C)C)CC[C@H](C)C3)cc(OC)c1OC. The number of esters is 1. The number of nitrogens with one attached hydrogen (secondary N) is 1. The molecule has 7 nitrogen and oxygen atoms in total. The number of thiophene rings is 1. The molecule has 0 saturated carbocycles. The van der Waals surface area contributed by atoms with Crippen molar-refractivity contribution in [3.63, 3.8) is 0 Å². The van der Waals surface area contributed by atoms with Crippen molar-refractivity contribution in [1.82, 2.24) is 0 Å². The molecule has 1 atom stereocenters. The number of methoxy groups -OCH3 is 3. The second-order valence-corrected chi connectivity index (χ2v) is 8.98. The second kappa shape index (κ2) is 9.60. The van der Waals surface area contributed by atoms with Gasteiger partial charge in [0.15, 0.2) is 11.5 Å². The molecule has 8 heteroatoms. The molecular weight excluding hydrogens is 418 g/mol. The van der Waals surface area contributed by atoms with Crippen LogP contribution in [-0.2, 0) is 17.6 Å². The molecular formula is C23H29NO6S. The van der Waals surface area contributed by atoms with Crippen LogP contribution in [0.5, 0.6) is 17.2 Å². The summed E-state index contributed by atoms with van der Waals surface area (Å²) in [4.78, 5) is 27.1. The van der Waals surface area contributed by atoms with E-state index in [0.29, 0.717) is 39.3 Å². The van der Waals surface area contributed by atoms with E-state index < -0.39 is 5.97 Å². The van der Waals surface area contributed by atoms with Gasteiger partial charge in [0.05, 0.1) is 33.0 Å². The number of carbonyl (C=O) groups excluding carboxylic acids is 2.